The highest BCUT2D eigenvalue weighted by Gasteiger charge is 2.40. The maximum absolute atomic E-state index is 6.26. The maximum atomic E-state index is 6.26. The van der Waals surface area contributed by atoms with Crippen molar-refractivity contribution in [2.75, 3.05) is 11.5 Å². The first-order valence-corrected chi connectivity index (χ1v) is 8.47. The highest BCUT2D eigenvalue weighted by atomic mass is 16.5. The van der Waals surface area contributed by atoms with Gasteiger partial charge >= 0.3 is 0 Å². The van der Waals surface area contributed by atoms with Gasteiger partial charge in [-0.2, -0.15) is 4.98 Å². The van der Waals surface area contributed by atoms with Crippen molar-refractivity contribution in [3.05, 3.63) is 42.0 Å². The van der Waals surface area contributed by atoms with Gasteiger partial charge in [-0.15, -0.1) is 0 Å². The van der Waals surface area contributed by atoms with Crippen LogP contribution in [0.2, 0.25) is 0 Å². The molecule has 1 aliphatic heterocycles. The molecule has 6 heteroatoms. The lowest BCUT2D eigenvalue weighted by Crippen LogP contribution is -2.15. The molecule has 0 saturated heterocycles. The highest BCUT2D eigenvalue weighted by molar-refractivity contribution is 5.97. The Morgan fingerprint density at radius 1 is 1.08 bits per heavy atom. The molecule has 2 aromatic carbocycles. The molecule has 0 radical (unpaired) electrons. The van der Waals surface area contributed by atoms with E-state index in [1.165, 1.54) is 12.8 Å². The quantitative estimate of drug-likeness (QED) is 0.763. The third-order valence-corrected chi connectivity index (χ3v) is 4.84. The summed E-state index contributed by atoms with van der Waals surface area (Å²) in [4.78, 5) is 8.43. The molecule has 1 fully saturated rings. The molecule has 0 bridgehead atoms. The van der Waals surface area contributed by atoms with Gasteiger partial charge in [0, 0.05) is 18.1 Å². The molecule has 0 spiro atoms. The van der Waals surface area contributed by atoms with E-state index in [1.807, 2.05) is 36.4 Å². The molecule has 3 aromatic rings. The largest absolute Gasteiger partial charge is 0.489 e. The van der Waals surface area contributed by atoms with Crippen LogP contribution in [0.15, 0.2) is 36.4 Å². The number of nitrogens with two attached hydrogens (primary N) is 2. The highest BCUT2D eigenvalue weighted by Crippen LogP contribution is 2.49. The van der Waals surface area contributed by atoms with Crippen molar-refractivity contribution in [2.24, 2.45) is 5.92 Å². The van der Waals surface area contributed by atoms with E-state index >= 15 is 0 Å². The fraction of sp³-hybridized carbons (Fsp3) is 0.263. The average molecular weight is 334 g/mol. The number of benzene rings is 2. The smallest absolute Gasteiger partial charge is 0.222 e. The van der Waals surface area contributed by atoms with Crippen molar-refractivity contribution in [1.29, 1.82) is 0 Å². The van der Waals surface area contributed by atoms with E-state index in [-0.39, 0.29) is 12.1 Å². The van der Waals surface area contributed by atoms with E-state index in [2.05, 4.69) is 9.97 Å². The number of hydrogen-bond donors (Lipinski definition) is 2. The van der Waals surface area contributed by atoms with Crippen LogP contribution < -0.4 is 20.9 Å². The van der Waals surface area contributed by atoms with E-state index < -0.39 is 0 Å². The van der Waals surface area contributed by atoms with Crippen molar-refractivity contribution in [3.8, 4) is 17.2 Å². The van der Waals surface area contributed by atoms with Crippen LogP contribution in [-0.2, 0) is 6.42 Å². The van der Waals surface area contributed by atoms with Crippen LogP contribution >= 0.6 is 0 Å². The van der Waals surface area contributed by atoms with Gasteiger partial charge in [0.25, 0.3) is 0 Å². The Bertz CT molecular complexity index is 970. The van der Waals surface area contributed by atoms with Gasteiger partial charge in [0.1, 0.15) is 29.2 Å². The van der Waals surface area contributed by atoms with E-state index in [4.69, 9.17) is 20.9 Å². The van der Waals surface area contributed by atoms with Crippen LogP contribution in [0.25, 0.3) is 10.9 Å². The minimum absolute atomic E-state index is 0.146. The molecular formula is C19H18N4O2. The summed E-state index contributed by atoms with van der Waals surface area (Å²) in [5.41, 5.74) is 13.6. The molecule has 1 atom stereocenters. The summed E-state index contributed by atoms with van der Waals surface area (Å²) in [7, 11) is 0. The summed E-state index contributed by atoms with van der Waals surface area (Å²) in [6.45, 7) is 0. The number of anilines is 2. The Labute approximate surface area is 144 Å². The average Bonchev–Trinajstić information content (AvgIpc) is 3.34. The Morgan fingerprint density at radius 3 is 2.64 bits per heavy atom. The summed E-state index contributed by atoms with van der Waals surface area (Å²) in [5, 5.41) is 0.729. The molecule has 126 valence electrons. The fourth-order valence-corrected chi connectivity index (χ4v) is 3.48. The molecule has 1 saturated carbocycles. The van der Waals surface area contributed by atoms with E-state index in [9.17, 15) is 0 Å². The van der Waals surface area contributed by atoms with Crippen molar-refractivity contribution in [1.82, 2.24) is 9.97 Å². The molecule has 2 heterocycles. The zero-order chi connectivity index (χ0) is 17.0. The van der Waals surface area contributed by atoms with Gasteiger partial charge in [-0.1, -0.05) is 18.2 Å². The summed E-state index contributed by atoms with van der Waals surface area (Å²) < 4.78 is 12.4. The number of nitrogen functional groups attached to an aromatic ring is 2. The van der Waals surface area contributed by atoms with Gasteiger partial charge in [-0.3, -0.25) is 0 Å². The van der Waals surface area contributed by atoms with Gasteiger partial charge in [0.2, 0.25) is 5.95 Å². The predicted octanol–water partition coefficient (Wildman–Crippen LogP) is 3.30. The maximum Gasteiger partial charge on any atom is 0.222 e. The molecule has 1 aromatic heterocycles. The van der Waals surface area contributed by atoms with Gasteiger partial charge in [0.15, 0.2) is 0 Å². The van der Waals surface area contributed by atoms with Crippen LogP contribution in [0.1, 0.15) is 18.4 Å². The SMILES string of the molecule is Nc1nc(N)c2c3c(c(Oc4ccccc4)cc2n1)CC(C1CC1)O3. The van der Waals surface area contributed by atoms with E-state index in [1.54, 1.807) is 0 Å². The number of nitrogens with zero attached hydrogens (tertiary/aromatic N) is 2. The second-order valence-electron chi connectivity index (χ2n) is 6.66. The van der Waals surface area contributed by atoms with Crippen molar-refractivity contribution >= 4 is 22.7 Å². The number of aromatic nitrogens is 2. The summed E-state index contributed by atoms with van der Waals surface area (Å²) in [5.74, 6) is 3.37. The standard InChI is InChI=1S/C19H18N4O2/c20-18-16-13(22-19(21)23-18)9-15(24-11-4-2-1-3-5-11)12-8-14(10-6-7-10)25-17(12)16/h1-5,9-10,14H,6-8H2,(H4,20,21,22,23). The third kappa shape index (κ3) is 2.41. The predicted molar refractivity (Wildman–Crippen MR) is 95.7 cm³/mol. The lowest BCUT2D eigenvalue weighted by Gasteiger charge is -2.13. The molecule has 2 aliphatic rings. The minimum Gasteiger partial charge on any atom is -0.489 e. The molecular weight excluding hydrogens is 316 g/mol. The monoisotopic (exact) mass is 334 g/mol. The normalized spacial score (nSPS) is 18.8. The van der Waals surface area contributed by atoms with Gasteiger partial charge in [-0.05, 0) is 30.9 Å². The minimum atomic E-state index is 0.146. The molecule has 1 unspecified atom stereocenters. The topological polar surface area (TPSA) is 96.3 Å². The van der Waals surface area contributed by atoms with Crippen molar-refractivity contribution in [2.45, 2.75) is 25.4 Å². The van der Waals surface area contributed by atoms with Crippen LogP contribution in [0.4, 0.5) is 11.8 Å². The number of para-hydroxylation sites is 1. The van der Waals surface area contributed by atoms with Crippen molar-refractivity contribution < 1.29 is 9.47 Å². The molecule has 25 heavy (non-hydrogen) atoms. The van der Waals surface area contributed by atoms with Crippen LogP contribution in [0.5, 0.6) is 17.2 Å². The zero-order valence-corrected chi connectivity index (χ0v) is 13.6. The number of ether oxygens (including phenoxy) is 2. The lowest BCUT2D eigenvalue weighted by atomic mass is 10.0. The number of hydrogen-bond acceptors (Lipinski definition) is 6. The van der Waals surface area contributed by atoms with Crippen LogP contribution in [0.3, 0.4) is 0 Å². The fourth-order valence-electron chi connectivity index (χ4n) is 3.48. The van der Waals surface area contributed by atoms with Crippen LogP contribution in [-0.4, -0.2) is 16.1 Å². The molecule has 1 aliphatic carbocycles. The molecule has 4 N–H and O–H groups in total. The van der Waals surface area contributed by atoms with E-state index in [0.29, 0.717) is 17.3 Å². The Morgan fingerprint density at radius 2 is 1.88 bits per heavy atom. The number of rotatable bonds is 3. The Hall–Kier alpha value is -3.02. The molecule has 5 rings (SSSR count). The van der Waals surface area contributed by atoms with Crippen molar-refractivity contribution in [3.63, 3.8) is 0 Å². The first-order chi connectivity index (χ1) is 12.2. The lowest BCUT2D eigenvalue weighted by molar-refractivity contribution is 0.210. The zero-order valence-electron chi connectivity index (χ0n) is 13.6. The Kier molecular flexibility index (Phi) is 3.00. The van der Waals surface area contributed by atoms with E-state index in [0.717, 1.165) is 34.6 Å². The van der Waals surface area contributed by atoms with Gasteiger partial charge in [0.05, 0.1) is 10.9 Å². The summed E-state index contributed by atoms with van der Waals surface area (Å²) in [6, 6.07) is 11.6. The molecule has 0 amide bonds. The molecule has 6 nitrogen and oxygen atoms in total. The summed E-state index contributed by atoms with van der Waals surface area (Å²) >= 11 is 0. The van der Waals surface area contributed by atoms with Crippen LogP contribution in [0, 0.1) is 5.92 Å². The second kappa shape index (κ2) is 5.24. The second-order valence-corrected chi connectivity index (χ2v) is 6.66. The number of fused-ring (bicyclic) bond motifs is 3. The third-order valence-electron chi connectivity index (χ3n) is 4.84. The van der Waals surface area contributed by atoms with Gasteiger partial charge < -0.3 is 20.9 Å². The first-order valence-electron chi connectivity index (χ1n) is 8.47. The first kappa shape index (κ1) is 14.3. The van der Waals surface area contributed by atoms with Gasteiger partial charge in [-0.25, -0.2) is 4.98 Å². The summed E-state index contributed by atoms with van der Waals surface area (Å²) in [6.07, 6.45) is 3.42. The Balaban J connectivity index is 1.68.